The van der Waals surface area contributed by atoms with Crippen LogP contribution in [-0.2, 0) is 6.18 Å². The van der Waals surface area contributed by atoms with Crippen molar-refractivity contribution >= 4 is 34.7 Å². The van der Waals surface area contributed by atoms with Gasteiger partial charge in [0.25, 0.3) is 0 Å². The highest BCUT2D eigenvalue weighted by molar-refractivity contribution is 6.31. The second kappa shape index (κ2) is 7.12. The molecule has 10 heteroatoms. The van der Waals surface area contributed by atoms with Crippen LogP contribution in [0.15, 0.2) is 48.7 Å². The fraction of sp³-hybridized carbons (Fsp3) is 0.0625. The van der Waals surface area contributed by atoms with E-state index in [0.29, 0.717) is 5.69 Å². The molecule has 0 spiro atoms. The molecule has 3 aromatic rings. The van der Waals surface area contributed by atoms with Crippen LogP contribution in [0.4, 0.5) is 40.7 Å². The van der Waals surface area contributed by atoms with Gasteiger partial charge < -0.3 is 10.6 Å². The fourth-order valence-electron chi connectivity index (χ4n) is 2.08. The maximum Gasteiger partial charge on any atom is 0.417 e. The van der Waals surface area contributed by atoms with Crippen LogP contribution in [0.2, 0.25) is 5.02 Å². The van der Waals surface area contributed by atoms with Gasteiger partial charge in [0.15, 0.2) is 5.82 Å². The summed E-state index contributed by atoms with van der Waals surface area (Å²) >= 11 is 5.59. The topological polar surface area (TPSA) is 62.7 Å². The molecule has 1 heterocycles. The van der Waals surface area contributed by atoms with Crippen LogP contribution in [0.25, 0.3) is 0 Å². The predicted molar refractivity (Wildman–Crippen MR) is 89.2 cm³/mol. The molecule has 2 aromatic carbocycles. The van der Waals surface area contributed by atoms with Gasteiger partial charge in [-0.05, 0) is 36.4 Å². The normalized spacial score (nSPS) is 11.3. The van der Waals surface area contributed by atoms with Crippen molar-refractivity contribution in [3.8, 4) is 0 Å². The number of rotatable bonds is 4. The Morgan fingerprint density at radius 1 is 0.962 bits per heavy atom. The third-order valence-corrected chi connectivity index (χ3v) is 3.51. The first-order valence-electron chi connectivity index (χ1n) is 7.17. The average Bonchev–Trinajstić information content (AvgIpc) is 2.56. The third-order valence-electron chi connectivity index (χ3n) is 3.18. The van der Waals surface area contributed by atoms with Gasteiger partial charge in [0.2, 0.25) is 5.95 Å². The van der Waals surface area contributed by atoms with E-state index in [2.05, 4.69) is 25.8 Å². The van der Waals surface area contributed by atoms with Gasteiger partial charge in [0.05, 0.1) is 16.8 Å². The van der Waals surface area contributed by atoms with Crippen molar-refractivity contribution in [2.24, 2.45) is 0 Å². The summed E-state index contributed by atoms with van der Waals surface area (Å²) in [6, 6.07) is 8.98. The summed E-state index contributed by atoms with van der Waals surface area (Å²) in [5.74, 6) is -0.252. The zero-order valence-corrected chi connectivity index (χ0v) is 13.6. The molecular formula is C16H10ClF4N5. The van der Waals surface area contributed by atoms with Gasteiger partial charge in [-0.15, -0.1) is 5.10 Å². The summed E-state index contributed by atoms with van der Waals surface area (Å²) in [7, 11) is 0. The van der Waals surface area contributed by atoms with Crippen LogP contribution < -0.4 is 10.6 Å². The van der Waals surface area contributed by atoms with Gasteiger partial charge in [0.1, 0.15) is 5.82 Å². The lowest BCUT2D eigenvalue weighted by Gasteiger charge is -2.12. The van der Waals surface area contributed by atoms with Crippen LogP contribution in [0, 0.1) is 5.82 Å². The first kappa shape index (κ1) is 17.9. The van der Waals surface area contributed by atoms with E-state index in [1.54, 1.807) is 6.07 Å². The van der Waals surface area contributed by atoms with Crippen LogP contribution in [0.5, 0.6) is 0 Å². The number of halogens is 5. The molecule has 3 rings (SSSR count). The lowest BCUT2D eigenvalue weighted by Crippen LogP contribution is -2.07. The summed E-state index contributed by atoms with van der Waals surface area (Å²) in [6.45, 7) is 0. The second-order valence-corrected chi connectivity index (χ2v) is 5.53. The molecule has 0 unspecified atom stereocenters. The zero-order chi connectivity index (χ0) is 18.7. The molecule has 134 valence electrons. The largest absolute Gasteiger partial charge is 0.417 e. The number of aromatic nitrogens is 3. The molecule has 1 aromatic heterocycles. The Kier molecular flexibility index (Phi) is 4.90. The Morgan fingerprint density at radius 3 is 2.46 bits per heavy atom. The molecule has 0 aliphatic carbocycles. The highest BCUT2D eigenvalue weighted by Gasteiger charge is 2.33. The number of hydrogen-bond donors (Lipinski definition) is 2. The number of nitrogens with zero attached hydrogens (tertiary/aromatic N) is 3. The van der Waals surface area contributed by atoms with Gasteiger partial charge in [-0.3, -0.25) is 0 Å². The van der Waals surface area contributed by atoms with Gasteiger partial charge >= 0.3 is 6.18 Å². The van der Waals surface area contributed by atoms with Gasteiger partial charge in [-0.25, -0.2) is 4.39 Å². The van der Waals surface area contributed by atoms with Crippen LogP contribution >= 0.6 is 11.6 Å². The number of nitrogens with one attached hydrogen (secondary N) is 2. The minimum atomic E-state index is -4.58. The third kappa shape index (κ3) is 4.37. The van der Waals surface area contributed by atoms with E-state index in [1.807, 2.05) is 0 Å². The summed E-state index contributed by atoms with van der Waals surface area (Å²) < 4.78 is 51.9. The molecule has 0 radical (unpaired) electrons. The maximum absolute atomic E-state index is 13.2. The lowest BCUT2D eigenvalue weighted by molar-refractivity contribution is -0.137. The van der Waals surface area contributed by atoms with Crippen molar-refractivity contribution in [1.29, 1.82) is 0 Å². The summed E-state index contributed by atoms with van der Waals surface area (Å²) in [6.07, 6.45) is -3.35. The van der Waals surface area contributed by atoms with E-state index in [9.17, 15) is 17.6 Å². The summed E-state index contributed by atoms with van der Waals surface area (Å²) in [5.41, 5.74) is -0.446. The second-order valence-electron chi connectivity index (χ2n) is 5.12. The Hall–Kier alpha value is -2.94. The fourth-order valence-corrected chi connectivity index (χ4v) is 2.30. The van der Waals surface area contributed by atoms with Crippen LogP contribution in [0.1, 0.15) is 5.56 Å². The molecule has 0 atom stereocenters. The molecule has 0 bridgehead atoms. The standard InChI is InChI=1S/C16H10ClF4N5/c17-13-5-4-11(7-12(13)16(19,20)21)23-14-8-22-26-15(25-14)24-10-3-1-2-9(18)6-10/h1-8H,(H2,23,24,25,26). The SMILES string of the molecule is Fc1cccc(Nc2nncc(Nc3ccc(Cl)c(C(F)(F)F)c3)n2)c1. The minimum absolute atomic E-state index is 0.0469. The first-order valence-corrected chi connectivity index (χ1v) is 7.55. The quantitative estimate of drug-likeness (QED) is 0.608. The highest BCUT2D eigenvalue weighted by Crippen LogP contribution is 2.36. The molecule has 0 aliphatic rings. The van der Waals surface area contributed by atoms with Crippen molar-refractivity contribution in [1.82, 2.24) is 15.2 Å². The Labute approximate surface area is 150 Å². The summed E-state index contributed by atoms with van der Waals surface area (Å²) in [4.78, 5) is 4.07. The monoisotopic (exact) mass is 383 g/mol. The maximum atomic E-state index is 13.2. The molecule has 2 N–H and O–H groups in total. The Bertz CT molecular complexity index is 933. The smallest absolute Gasteiger partial charge is 0.339 e. The number of alkyl halides is 3. The molecule has 0 saturated heterocycles. The lowest BCUT2D eigenvalue weighted by atomic mass is 10.2. The molecule has 0 fully saturated rings. The highest BCUT2D eigenvalue weighted by atomic mass is 35.5. The Balaban J connectivity index is 1.81. The van der Waals surface area contributed by atoms with Crippen molar-refractivity contribution < 1.29 is 17.6 Å². The van der Waals surface area contributed by atoms with E-state index in [-0.39, 0.29) is 17.5 Å². The first-order chi connectivity index (χ1) is 12.3. The van der Waals surface area contributed by atoms with E-state index >= 15 is 0 Å². The number of hydrogen-bond acceptors (Lipinski definition) is 5. The molecular weight excluding hydrogens is 374 g/mol. The molecule has 0 aliphatic heterocycles. The van der Waals surface area contributed by atoms with Gasteiger partial charge in [-0.1, -0.05) is 17.7 Å². The number of anilines is 4. The van der Waals surface area contributed by atoms with Crippen LogP contribution in [-0.4, -0.2) is 15.2 Å². The predicted octanol–water partition coefficient (Wildman–Crippen LogP) is 5.17. The molecule has 0 amide bonds. The average molecular weight is 384 g/mol. The van der Waals surface area contributed by atoms with Crippen molar-refractivity contribution in [2.45, 2.75) is 6.18 Å². The van der Waals surface area contributed by atoms with Crippen molar-refractivity contribution in [2.75, 3.05) is 10.6 Å². The van der Waals surface area contributed by atoms with Gasteiger partial charge in [-0.2, -0.15) is 23.3 Å². The van der Waals surface area contributed by atoms with Crippen molar-refractivity contribution in [3.63, 3.8) is 0 Å². The van der Waals surface area contributed by atoms with E-state index in [1.165, 1.54) is 30.5 Å². The minimum Gasteiger partial charge on any atom is -0.339 e. The molecule has 5 nitrogen and oxygen atoms in total. The zero-order valence-electron chi connectivity index (χ0n) is 12.9. The van der Waals surface area contributed by atoms with E-state index in [4.69, 9.17) is 11.6 Å². The molecule has 26 heavy (non-hydrogen) atoms. The van der Waals surface area contributed by atoms with E-state index < -0.39 is 22.6 Å². The summed E-state index contributed by atoms with van der Waals surface area (Å²) in [5, 5.41) is 12.5. The Morgan fingerprint density at radius 2 is 1.73 bits per heavy atom. The number of benzene rings is 2. The van der Waals surface area contributed by atoms with E-state index in [0.717, 1.165) is 12.1 Å². The van der Waals surface area contributed by atoms with Crippen LogP contribution in [0.3, 0.4) is 0 Å². The molecule has 0 saturated carbocycles. The van der Waals surface area contributed by atoms with Gasteiger partial charge in [0, 0.05) is 11.4 Å². The van der Waals surface area contributed by atoms with Crippen molar-refractivity contribution in [3.05, 3.63) is 65.1 Å².